The van der Waals surface area contributed by atoms with Gasteiger partial charge in [-0.1, -0.05) is 24.3 Å². The Labute approximate surface area is 130 Å². The Hall–Kier alpha value is -1.59. The molecule has 5 N–H and O–H groups in total. The molecule has 0 bridgehead atoms. The summed E-state index contributed by atoms with van der Waals surface area (Å²) < 4.78 is 0. The van der Waals surface area contributed by atoms with Crippen LogP contribution in [0.15, 0.2) is 24.3 Å². The van der Waals surface area contributed by atoms with Gasteiger partial charge in [-0.3, -0.25) is 10.2 Å². The molecular formula is C15H21ClN4O. The van der Waals surface area contributed by atoms with Gasteiger partial charge >= 0.3 is 0 Å². The molecule has 1 heterocycles. The zero-order valence-corrected chi connectivity index (χ0v) is 12.6. The Morgan fingerprint density at radius 1 is 1.43 bits per heavy atom. The second-order valence-electron chi connectivity index (χ2n) is 5.73. The number of nitrogens with one attached hydrogen (secondary N) is 3. The molecule has 5 nitrogen and oxygen atoms in total. The number of benzene rings is 1. The first kappa shape index (κ1) is 15.8. The highest BCUT2D eigenvalue weighted by Crippen LogP contribution is 2.48. The molecule has 3 rings (SSSR count). The highest BCUT2D eigenvalue weighted by Gasteiger charge is 2.60. The van der Waals surface area contributed by atoms with Gasteiger partial charge in [-0.2, -0.15) is 0 Å². The third kappa shape index (κ3) is 3.04. The number of nitrogens with two attached hydrogens (primary N) is 1. The molecule has 1 aliphatic heterocycles. The van der Waals surface area contributed by atoms with Crippen molar-refractivity contribution in [1.29, 1.82) is 5.41 Å². The lowest BCUT2D eigenvalue weighted by Gasteiger charge is -2.23. The summed E-state index contributed by atoms with van der Waals surface area (Å²) in [5, 5.41) is 13.7. The van der Waals surface area contributed by atoms with Crippen molar-refractivity contribution in [2.24, 2.45) is 11.7 Å². The van der Waals surface area contributed by atoms with Crippen LogP contribution >= 0.6 is 12.4 Å². The summed E-state index contributed by atoms with van der Waals surface area (Å²) >= 11 is 0. The Morgan fingerprint density at radius 2 is 2.14 bits per heavy atom. The minimum Gasteiger partial charge on any atom is -0.384 e. The van der Waals surface area contributed by atoms with Crippen LogP contribution in [0.1, 0.15) is 30.4 Å². The fourth-order valence-electron chi connectivity index (χ4n) is 3.06. The Kier molecular flexibility index (Phi) is 4.54. The number of hydrogen-bond acceptors (Lipinski definition) is 3. The second-order valence-corrected chi connectivity index (χ2v) is 5.73. The van der Waals surface area contributed by atoms with Gasteiger partial charge < -0.3 is 16.4 Å². The first-order chi connectivity index (χ1) is 9.62. The molecule has 1 aliphatic carbocycles. The molecule has 0 radical (unpaired) electrons. The zero-order chi connectivity index (χ0) is 14.2. The standard InChI is InChI=1S/C15H20N4O.ClH/c16-13(17)11-5-3-10(4-6-11)9-18-14(20)15-8-12(15)2-1-7-19-15;/h3-6,12,19H,1-2,7-9H2,(H3,16,17)(H,18,20);1H/t12-,15+;/m1./s1. The summed E-state index contributed by atoms with van der Waals surface area (Å²) in [6.07, 6.45) is 3.31. The van der Waals surface area contributed by atoms with Crippen LogP contribution in [0, 0.1) is 11.3 Å². The Morgan fingerprint density at radius 3 is 2.76 bits per heavy atom. The van der Waals surface area contributed by atoms with Crippen molar-refractivity contribution in [2.75, 3.05) is 6.54 Å². The van der Waals surface area contributed by atoms with Crippen molar-refractivity contribution in [3.63, 3.8) is 0 Å². The van der Waals surface area contributed by atoms with Crippen molar-refractivity contribution < 1.29 is 4.79 Å². The number of halogens is 1. The van der Waals surface area contributed by atoms with Crippen molar-refractivity contribution in [2.45, 2.75) is 31.3 Å². The van der Waals surface area contributed by atoms with Crippen LogP contribution in [0.4, 0.5) is 0 Å². The van der Waals surface area contributed by atoms with E-state index in [4.69, 9.17) is 11.1 Å². The first-order valence-corrected chi connectivity index (χ1v) is 7.08. The quantitative estimate of drug-likeness (QED) is 0.497. The Balaban J connectivity index is 0.00000161. The zero-order valence-electron chi connectivity index (χ0n) is 11.8. The van der Waals surface area contributed by atoms with Crippen molar-refractivity contribution in [3.8, 4) is 0 Å². The molecule has 21 heavy (non-hydrogen) atoms. The average molecular weight is 309 g/mol. The van der Waals surface area contributed by atoms with Crippen LogP contribution in [0.2, 0.25) is 0 Å². The highest BCUT2D eigenvalue weighted by molar-refractivity contribution is 5.95. The van der Waals surface area contributed by atoms with Gasteiger partial charge in [0.05, 0.1) is 0 Å². The summed E-state index contributed by atoms with van der Waals surface area (Å²) in [5.41, 5.74) is 6.86. The van der Waals surface area contributed by atoms with Gasteiger partial charge in [0, 0.05) is 12.1 Å². The first-order valence-electron chi connectivity index (χ1n) is 7.08. The van der Waals surface area contributed by atoms with E-state index in [9.17, 15) is 4.79 Å². The van der Waals surface area contributed by atoms with Gasteiger partial charge in [0.1, 0.15) is 11.4 Å². The van der Waals surface area contributed by atoms with Crippen molar-refractivity contribution >= 4 is 24.1 Å². The maximum atomic E-state index is 12.3. The molecule has 6 heteroatoms. The predicted octanol–water partition coefficient (Wildman–Crippen LogP) is 1.15. The number of nitrogen functional groups attached to an aromatic ring is 1. The summed E-state index contributed by atoms with van der Waals surface area (Å²) in [6, 6.07) is 7.41. The highest BCUT2D eigenvalue weighted by atomic mass is 35.5. The minimum absolute atomic E-state index is 0. The van der Waals surface area contributed by atoms with Gasteiger partial charge in [0.15, 0.2) is 0 Å². The third-order valence-corrected chi connectivity index (χ3v) is 4.40. The fraction of sp³-hybridized carbons (Fsp3) is 0.467. The van der Waals surface area contributed by atoms with Crippen LogP contribution in [0.5, 0.6) is 0 Å². The van der Waals surface area contributed by atoms with E-state index in [2.05, 4.69) is 10.6 Å². The second kappa shape index (κ2) is 6.03. The van der Waals surface area contributed by atoms with Gasteiger partial charge in [0.25, 0.3) is 0 Å². The van der Waals surface area contributed by atoms with E-state index < -0.39 is 0 Å². The lowest BCUT2D eigenvalue weighted by atomic mass is 10.0. The number of carbonyl (C=O) groups excluding carboxylic acids is 1. The van der Waals surface area contributed by atoms with Crippen LogP contribution in [0.3, 0.4) is 0 Å². The number of fused-ring (bicyclic) bond motifs is 1. The maximum absolute atomic E-state index is 12.3. The molecule has 1 saturated heterocycles. The molecule has 1 saturated carbocycles. The van der Waals surface area contributed by atoms with E-state index >= 15 is 0 Å². The predicted molar refractivity (Wildman–Crippen MR) is 84.6 cm³/mol. The van der Waals surface area contributed by atoms with E-state index in [1.54, 1.807) is 12.1 Å². The molecule has 1 aromatic rings. The molecule has 2 fully saturated rings. The maximum Gasteiger partial charge on any atom is 0.240 e. The van der Waals surface area contributed by atoms with E-state index in [1.807, 2.05) is 12.1 Å². The lowest BCUT2D eigenvalue weighted by molar-refractivity contribution is -0.125. The van der Waals surface area contributed by atoms with Gasteiger partial charge in [0.2, 0.25) is 5.91 Å². The van der Waals surface area contributed by atoms with Crippen LogP contribution in [0.25, 0.3) is 0 Å². The number of rotatable bonds is 4. The van der Waals surface area contributed by atoms with Gasteiger partial charge in [-0.05, 0) is 37.3 Å². The number of amidine groups is 1. The van der Waals surface area contributed by atoms with E-state index in [-0.39, 0.29) is 29.7 Å². The molecule has 1 amide bonds. The molecule has 1 aromatic carbocycles. The molecule has 0 unspecified atom stereocenters. The van der Waals surface area contributed by atoms with E-state index in [1.165, 1.54) is 6.42 Å². The summed E-state index contributed by atoms with van der Waals surface area (Å²) in [6.45, 7) is 1.46. The molecule has 0 aromatic heterocycles. The van der Waals surface area contributed by atoms with Crippen LogP contribution in [-0.2, 0) is 11.3 Å². The molecular weight excluding hydrogens is 288 g/mol. The monoisotopic (exact) mass is 308 g/mol. The molecule has 0 spiro atoms. The topological polar surface area (TPSA) is 91.0 Å². The van der Waals surface area contributed by atoms with Crippen molar-refractivity contribution in [3.05, 3.63) is 35.4 Å². The number of hydrogen-bond donors (Lipinski definition) is 4. The number of amides is 1. The van der Waals surface area contributed by atoms with E-state index in [0.717, 1.165) is 24.9 Å². The van der Waals surface area contributed by atoms with Crippen molar-refractivity contribution in [1.82, 2.24) is 10.6 Å². The normalized spacial score (nSPS) is 26.2. The number of piperidine rings is 1. The molecule has 2 aliphatic rings. The summed E-state index contributed by atoms with van der Waals surface area (Å²) in [5.74, 6) is 0.709. The minimum atomic E-state index is -0.280. The third-order valence-electron chi connectivity index (χ3n) is 4.40. The molecule has 114 valence electrons. The summed E-state index contributed by atoms with van der Waals surface area (Å²) in [4.78, 5) is 12.3. The van der Waals surface area contributed by atoms with Gasteiger partial charge in [-0.15, -0.1) is 12.4 Å². The van der Waals surface area contributed by atoms with Crippen LogP contribution in [-0.4, -0.2) is 23.8 Å². The lowest BCUT2D eigenvalue weighted by Crippen LogP contribution is -2.50. The van der Waals surface area contributed by atoms with Gasteiger partial charge in [-0.25, -0.2) is 0 Å². The van der Waals surface area contributed by atoms with Crippen LogP contribution < -0.4 is 16.4 Å². The smallest absolute Gasteiger partial charge is 0.240 e. The SMILES string of the molecule is Cl.N=C(N)c1ccc(CNC(=O)[C@]23C[C@H]2CCCN3)cc1. The van der Waals surface area contributed by atoms with E-state index in [0.29, 0.717) is 18.0 Å². The fourth-order valence-corrected chi connectivity index (χ4v) is 3.06. The largest absolute Gasteiger partial charge is 0.384 e. The average Bonchev–Trinajstić information content (AvgIpc) is 3.21. The molecule has 2 atom stereocenters. The Bertz CT molecular complexity index is 545. The number of carbonyl (C=O) groups is 1. The summed E-state index contributed by atoms with van der Waals surface area (Å²) in [7, 11) is 0.